The molecule has 0 aromatic rings. The highest BCUT2D eigenvalue weighted by Crippen LogP contribution is 1.90. The first-order chi connectivity index (χ1) is 6.13. The number of ether oxygens (including phenoxy) is 1. The van der Waals surface area contributed by atoms with Gasteiger partial charge >= 0.3 is 0 Å². The van der Waals surface area contributed by atoms with E-state index in [1.807, 2.05) is 13.8 Å². The Balaban J connectivity index is -0.000000376. The molecule has 0 radical (unpaired) electrons. The Bertz CT molecular complexity index is 119. The van der Waals surface area contributed by atoms with Gasteiger partial charge < -0.3 is 10.1 Å². The molecule has 0 aliphatic carbocycles. The summed E-state index contributed by atoms with van der Waals surface area (Å²) in [4.78, 5) is 10.4. The van der Waals surface area contributed by atoms with Crippen LogP contribution in [0.4, 0.5) is 0 Å². The molecule has 0 aliphatic rings. The molecular formula is C10H25NO2. The van der Waals surface area contributed by atoms with E-state index in [0.29, 0.717) is 19.1 Å². The van der Waals surface area contributed by atoms with Gasteiger partial charge in [0.15, 0.2) is 0 Å². The van der Waals surface area contributed by atoms with Crippen LogP contribution in [0.25, 0.3) is 0 Å². The molecule has 0 atom stereocenters. The van der Waals surface area contributed by atoms with Crippen LogP contribution >= 0.6 is 0 Å². The third-order valence-electron chi connectivity index (χ3n) is 1.07. The summed E-state index contributed by atoms with van der Waals surface area (Å²) in [6, 6.07) is 0. The van der Waals surface area contributed by atoms with Gasteiger partial charge in [-0.25, -0.2) is 0 Å². The molecule has 1 amide bonds. The number of rotatable bonds is 5. The molecule has 0 spiro atoms. The second-order valence-electron chi connectivity index (χ2n) is 2.95. The van der Waals surface area contributed by atoms with Gasteiger partial charge in [0.2, 0.25) is 5.91 Å². The number of carbonyl (C=O) groups excluding carboxylic acids is 1. The van der Waals surface area contributed by atoms with E-state index in [1.165, 1.54) is 6.92 Å². The quantitative estimate of drug-likeness (QED) is 0.676. The lowest BCUT2D eigenvalue weighted by molar-refractivity contribution is -0.119. The van der Waals surface area contributed by atoms with Crippen molar-refractivity contribution in [2.45, 2.75) is 34.6 Å². The zero-order chi connectivity index (χ0) is 10.7. The van der Waals surface area contributed by atoms with Gasteiger partial charge in [0.05, 0.1) is 6.61 Å². The molecule has 3 heteroatoms. The summed E-state index contributed by atoms with van der Waals surface area (Å²) in [6.07, 6.45) is 0. The SMILES string of the molecule is CC.CC(=O)NCCOCC(C)C.[HH]. The fraction of sp³-hybridized carbons (Fsp3) is 0.900. The molecule has 13 heavy (non-hydrogen) atoms. The lowest BCUT2D eigenvalue weighted by Crippen LogP contribution is -2.24. The molecule has 0 aliphatic heterocycles. The molecular weight excluding hydrogens is 166 g/mol. The van der Waals surface area contributed by atoms with Gasteiger partial charge in [0.25, 0.3) is 0 Å². The Hall–Kier alpha value is -0.570. The van der Waals surface area contributed by atoms with Crippen molar-refractivity contribution in [2.24, 2.45) is 5.92 Å². The Kier molecular flexibility index (Phi) is 13.1. The van der Waals surface area contributed by atoms with Crippen LogP contribution in [0.15, 0.2) is 0 Å². The molecule has 0 unspecified atom stereocenters. The summed E-state index contributed by atoms with van der Waals surface area (Å²) in [5.74, 6) is 0.561. The van der Waals surface area contributed by atoms with E-state index in [-0.39, 0.29) is 7.33 Å². The normalized spacial score (nSPS) is 9.08. The highest BCUT2D eigenvalue weighted by Gasteiger charge is 1.93. The summed E-state index contributed by atoms with van der Waals surface area (Å²) >= 11 is 0. The van der Waals surface area contributed by atoms with Gasteiger partial charge in [-0.05, 0) is 5.92 Å². The average molecular weight is 191 g/mol. The number of amides is 1. The van der Waals surface area contributed by atoms with Crippen molar-refractivity contribution >= 4 is 5.91 Å². The summed E-state index contributed by atoms with van der Waals surface area (Å²) < 4.78 is 5.23. The molecule has 0 rings (SSSR count). The van der Waals surface area contributed by atoms with Crippen LogP contribution in [0.5, 0.6) is 0 Å². The standard InChI is InChI=1S/C8H17NO2.C2H6.H2/c1-7(2)6-11-5-4-9-8(3)10;1-2;/h7H,4-6H2,1-3H3,(H,9,10);1-2H3;1H. The van der Waals surface area contributed by atoms with E-state index in [9.17, 15) is 4.79 Å². The second-order valence-corrected chi connectivity index (χ2v) is 2.95. The van der Waals surface area contributed by atoms with Crippen molar-refractivity contribution in [3.63, 3.8) is 0 Å². The largest absolute Gasteiger partial charge is 0.379 e. The van der Waals surface area contributed by atoms with Crippen LogP contribution in [0.1, 0.15) is 36.0 Å². The van der Waals surface area contributed by atoms with Crippen molar-refractivity contribution in [1.82, 2.24) is 5.32 Å². The van der Waals surface area contributed by atoms with Crippen molar-refractivity contribution in [3.8, 4) is 0 Å². The van der Waals surface area contributed by atoms with Crippen LogP contribution in [0.2, 0.25) is 0 Å². The third-order valence-corrected chi connectivity index (χ3v) is 1.07. The first-order valence-corrected chi connectivity index (χ1v) is 4.95. The highest BCUT2D eigenvalue weighted by atomic mass is 16.5. The summed E-state index contributed by atoms with van der Waals surface area (Å²) in [5, 5.41) is 2.66. The van der Waals surface area contributed by atoms with E-state index >= 15 is 0 Å². The Morgan fingerprint density at radius 2 is 2.00 bits per heavy atom. The maximum absolute atomic E-state index is 10.4. The zero-order valence-corrected chi connectivity index (χ0v) is 9.52. The van der Waals surface area contributed by atoms with Gasteiger partial charge in [-0.3, -0.25) is 4.79 Å². The van der Waals surface area contributed by atoms with E-state index in [2.05, 4.69) is 19.2 Å². The van der Waals surface area contributed by atoms with E-state index in [1.54, 1.807) is 0 Å². The van der Waals surface area contributed by atoms with Crippen molar-refractivity contribution < 1.29 is 11.0 Å². The second kappa shape index (κ2) is 11.4. The molecule has 0 heterocycles. The first kappa shape index (κ1) is 14.9. The maximum Gasteiger partial charge on any atom is 0.216 e. The molecule has 0 saturated carbocycles. The molecule has 0 bridgehead atoms. The fourth-order valence-electron chi connectivity index (χ4n) is 0.618. The van der Waals surface area contributed by atoms with Gasteiger partial charge in [0, 0.05) is 21.5 Å². The van der Waals surface area contributed by atoms with Gasteiger partial charge in [-0.1, -0.05) is 27.7 Å². The van der Waals surface area contributed by atoms with Crippen molar-refractivity contribution in [2.75, 3.05) is 19.8 Å². The lowest BCUT2D eigenvalue weighted by Gasteiger charge is -2.06. The molecule has 82 valence electrons. The van der Waals surface area contributed by atoms with Crippen LogP contribution in [-0.4, -0.2) is 25.7 Å². The smallest absolute Gasteiger partial charge is 0.216 e. The van der Waals surface area contributed by atoms with E-state index in [0.717, 1.165) is 6.61 Å². The Morgan fingerprint density at radius 3 is 2.38 bits per heavy atom. The van der Waals surface area contributed by atoms with Crippen LogP contribution in [0.3, 0.4) is 0 Å². The van der Waals surface area contributed by atoms with Crippen LogP contribution in [0, 0.1) is 5.92 Å². The van der Waals surface area contributed by atoms with E-state index in [4.69, 9.17) is 4.74 Å². The minimum Gasteiger partial charge on any atom is -0.379 e. The number of carbonyl (C=O) groups is 1. The zero-order valence-electron chi connectivity index (χ0n) is 9.52. The minimum absolute atomic E-state index is 0. The van der Waals surface area contributed by atoms with Crippen molar-refractivity contribution in [3.05, 3.63) is 0 Å². The van der Waals surface area contributed by atoms with Gasteiger partial charge in [-0.15, -0.1) is 0 Å². The highest BCUT2D eigenvalue weighted by molar-refractivity contribution is 5.72. The predicted octanol–water partition coefficient (Wildman–Crippen LogP) is 2.07. The van der Waals surface area contributed by atoms with E-state index < -0.39 is 0 Å². The predicted molar refractivity (Wildman–Crippen MR) is 57.8 cm³/mol. The lowest BCUT2D eigenvalue weighted by atomic mass is 10.2. The first-order valence-electron chi connectivity index (χ1n) is 4.95. The number of hydrogen-bond acceptors (Lipinski definition) is 2. The number of nitrogens with one attached hydrogen (secondary N) is 1. The average Bonchev–Trinajstić information content (AvgIpc) is 2.06. The van der Waals surface area contributed by atoms with Crippen LogP contribution < -0.4 is 5.32 Å². The summed E-state index contributed by atoms with van der Waals surface area (Å²) in [5.41, 5.74) is 0. The van der Waals surface area contributed by atoms with Crippen molar-refractivity contribution in [1.29, 1.82) is 0 Å². The monoisotopic (exact) mass is 191 g/mol. The maximum atomic E-state index is 10.4. The molecule has 0 aromatic heterocycles. The Morgan fingerprint density at radius 1 is 1.46 bits per heavy atom. The topological polar surface area (TPSA) is 38.3 Å². The molecule has 0 aromatic carbocycles. The third kappa shape index (κ3) is 18.4. The minimum atomic E-state index is -0.00172. The Labute approximate surface area is 83.3 Å². The van der Waals surface area contributed by atoms with Gasteiger partial charge in [-0.2, -0.15) is 0 Å². The molecule has 3 nitrogen and oxygen atoms in total. The number of hydrogen-bond donors (Lipinski definition) is 1. The van der Waals surface area contributed by atoms with Gasteiger partial charge in [0.1, 0.15) is 0 Å². The molecule has 1 N–H and O–H groups in total. The fourth-order valence-corrected chi connectivity index (χ4v) is 0.618. The summed E-state index contributed by atoms with van der Waals surface area (Å²) in [6.45, 7) is 11.7. The molecule has 0 saturated heterocycles. The summed E-state index contributed by atoms with van der Waals surface area (Å²) in [7, 11) is 0. The molecule has 0 fully saturated rings. The van der Waals surface area contributed by atoms with Crippen LogP contribution in [-0.2, 0) is 9.53 Å².